The summed E-state index contributed by atoms with van der Waals surface area (Å²) in [5, 5.41) is 5.03. The van der Waals surface area contributed by atoms with Crippen molar-refractivity contribution >= 4 is 21.5 Å². The van der Waals surface area contributed by atoms with Crippen molar-refractivity contribution in [3.05, 3.63) is 72.8 Å². The van der Waals surface area contributed by atoms with Gasteiger partial charge in [0.1, 0.15) is 0 Å². The van der Waals surface area contributed by atoms with E-state index >= 15 is 0 Å². The molecule has 4 aromatic rings. The van der Waals surface area contributed by atoms with Crippen molar-refractivity contribution in [2.75, 3.05) is 6.79 Å². The van der Waals surface area contributed by atoms with E-state index < -0.39 is 0 Å². The average molecular weight is 298 g/mol. The zero-order valence-electron chi connectivity index (χ0n) is 12.5. The Bertz CT molecular complexity index is 1050. The van der Waals surface area contributed by atoms with Crippen molar-refractivity contribution in [1.29, 1.82) is 0 Å². The van der Waals surface area contributed by atoms with E-state index in [0.29, 0.717) is 6.79 Å². The molecule has 0 atom stereocenters. The SMILES string of the molecule is c1cc2c(c(-c3cccc4c3ccc3ccccc34)c1)OCO2. The van der Waals surface area contributed by atoms with Crippen molar-refractivity contribution < 1.29 is 9.47 Å². The van der Waals surface area contributed by atoms with E-state index in [1.165, 1.54) is 27.1 Å². The second-order valence-electron chi connectivity index (χ2n) is 5.73. The van der Waals surface area contributed by atoms with Gasteiger partial charge in [-0.2, -0.15) is 0 Å². The Morgan fingerprint density at radius 3 is 2.39 bits per heavy atom. The summed E-state index contributed by atoms with van der Waals surface area (Å²) >= 11 is 0. The van der Waals surface area contributed by atoms with Crippen LogP contribution in [0.1, 0.15) is 0 Å². The van der Waals surface area contributed by atoms with Gasteiger partial charge in [0.25, 0.3) is 0 Å². The predicted octanol–water partition coefficient (Wildman–Crippen LogP) is 5.39. The first kappa shape index (κ1) is 12.5. The van der Waals surface area contributed by atoms with Crippen LogP contribution in [0.4, 0.5) is 0 Å². The second-order valence-corrected chi connectivity index (χ2v) is 5.73. The summed E-state index contributed by atoms with van der Waals surface area (Å²) in [5.41, 5.74) is 2.26. The van der Waals surface area contributed by atoms with Crippen LogP contribution in [0, 0.1) is 0 Å². The number of para-hydroxylation sites is 1. The Hall–Kier alpha value is -3.00. The molecule has 0 aliphatic carbocycles. The quantitative estimate of drug-likeness (QED) is 0.439. The first-order chi connectivity index (χ1) is 11.4. The number of rotatable bonds is 1. The van der Waals surface area contributed by atoms with Gasteiger partial charge < -0.3 is 9.47 Å². The molecule has 1 aliphatic heterocycles. The van der Waals surface area contributed by atoms with Crippen molar-refractivity contribution in [2.24, 2.45) is 0 Å². The van der Waals surface area contributed by atoms with Gasteiger partial charge in [-0.15, -0.1) is 0 Å². The molecule has 0 saturated carbocycles. The van der Waals surface area contributed by atoms with Crippen molar-refractivity contribution in [3.63, 3.8) is 0 Å². The first-order valence-electron chi connectivity index (χ1n) is 7.71. The molecule has 2 heteroatoms. The van der Waals surface area contributed by atoms with Gasteiger partial charge in [-0.3, -0.25) is 0 Å². The summed E-state index contributed by atoms with van der Waals surface area (Å²) in [6, 6.07) is 25.4. The molecule has 0 saturated heterocycles. The second kappa shape index (κ2) is 4.75. The molecule has 5 rings (SSSR count). The summed E-state index contributed by atoms with van der Waals surface area (Å²) in [7, 11) is 0. The van der Waals surface area contributed by atoms with Crippen molar-refractivity contribution in [1.82, 2.24) is 0 Å². The number of hydrogen-bond donors (Lipinski definition) is 0. The molecule has 2 nitrogen and oxygen atoms in total. The van der Waals surface area contributed by atoms with Gasteiger partial charge in [-0.1, -0.05) is 66.7 Å². The van der Waals surface area contributed by atoms with E-state index in [2.05, 4.69) is 60.7 Å². The third-order valence-electron chi connectivity index (χ3n) is 4.47. The molecule has 4 aromatic carbocycles. The van der Waals surface area contributed by atoms with Gasteiger partial charge in [0.15, 0.2) is 11.5 Å². The highest BCUT2D eigenvalue weighted by atomic mass is 16.7. The Morgan fingerprint density at radius 2 is 1.39 bits per heavy atom. The molecular weight excluding hydrogens is 284 g/mol. The zero-order chi connectivity index (χ0) is 15.2. The smallest absolute Gasteiger partial charge is 0.231 e. The highest BCUT2D eigenvalue weighted by Crippen LogP contribution is 2.43. The minimum atomic E-state index is 0.292. The number of fused-ring (bicyclic) bond motifs is 4. The van der Waals surface area contributed by atoms with E-state index in [1.807, 2.05) is 12.1 Å². The standard InChI is InChI=1S/C21H14O2/c1-2-6-15-14(5-1)11-12-18-16(15)7-3-8-17(18)19-9-4-10-20-21(19)23-13-22-20/h1-12H,13H2. The maximum Gasteiger partial charge on any atom is 0.231 e. The van der Waals surface area contributed by atoms with Crippen molar-refractivity contribution in [3.8, 4) is 22.6 Å². The fraction of sp³-hybridized carbons (Fsp3) is 0.0476. The van der Waals surface area contributed by atoms with E-state index in [-0.39, 0.29) is 0 Å². The Morgan fingerprint density at radius 1 is 0.565 bits per heavy atom. The van der Waals surface area contributed by atoms with Crippen molar-refractivity contribution in [2.45, 2.75) is 0 Å². The highest BCUT2D eigenvalue weighted by molar-refractivity contribution is 6.12. The molecule has 1 heterocycles. The van der Waals surface area contributed by atoms with Crippen LogP contribution < -0.4 is 9.47 Å². The van der Waals surface area contributed by atoms with Crippen LogP contribution in [0.15, 0.2) is 72.8 Å². The first-order valence-corrected chi connectivity index (χ1v) is 7.71. The Balaban J connectivity index is 1.87. The summed E-state index contributed by atoms with van der Waals surface area (Å²) in [5.74, 6) is 1.66. The minimum Gasteiger partial charge on any atom is -0.454 e. The Labute approximate surface area is 133 Å². The van der Waals surface area contributed by atoms with Gasteiger partial charge in [0.2, 0.25) is 6.79 Å². The highest BCUT2D eigenvalue weighted by Gasteiger charge is 2.19. The van der Waals surface area contributed by atoms with Gasteiger partial charge in [0, 0.05) is 5.56 Å². The number of ether oxygens (including phenoxy) is 2. The average Bonchev–Trinajstić information content (AvgIpc) is 3.10. The molecule has 110 valence electrons. The monoisotopic (exact) mass is 298 g/mol. The molecule has 0 bridgehead atoms. The predicted molar refractivity (Wildman–Crippen MR) is 93.0 cm³/mol. The molecule has 0 unspecified atom stereocenters. The number of benzene rings is 4. The summed E-state index contributed by atoms with van der Waals surface area (Å²) < 4.78 is 11.2. The molecule has 0 spiro atoms. The molecule has 0 radical (unpaired) electrons. The molecule has 0 amide bonds. The Kier molecular flexibility index (Phi) is 2.59. The topological polar surface area (TPSA) is 18.5 Å². The van der Waals surface area contributed by atoms with Crippen LogP contribution >= 0.6 is 0 Å². The van der Waals surface area contributed by atoms with Gasteiger partial charge >= 0.3 is 0 Å². The lowest BCUT2D eigenvalue weighted by molar-refractivity contribution is 0.174. The lowest BCUT2D eigenvalue weighted by Gasteiger charge is -2.11. The molecule has 0 fully saturated rings. The van der Waals surface area contributed by atoms with Crippen LogP contribution in [0.5, 0.6) is 11.5 Å². The molecule has 1 aliphatic rings. The summed E-state index contributed by atoms with van der Waals surface area (Å²) in [4.78, 5) is 0. The minimum absolute atomic E-state index is 0.292. The fourth-order valence-electron chi connectivity index (χ4n) is 3.42. The van der Waals surface area contributed by atoms with Crippen LogP contribution in [0.25, 0.3) is 32.7 Å². The summed E-state index contributed by atoms with van der Waals surface area (Å²) in [6.07, 6.45) is 0. The molecule has 0 N–H and O–H groups in total. The lowest BCUT2D eigenvalue weighted by atomic mass is 9.94. The van der Waals surface area contributed by atoms with Crippen LogP contribution in [0.2, 0.25) is 0 Å². The molecular formula is C21H14O2. The largest absolute Gasteiger partial charge is 0.454 e. The number of hydrogen-bond acceptors (Lipinski definition) is 2. The maximum atomic E-state index is 5.70. The van der Waals surface area contributed by atoms with Crippen LogP contribution in [-0.2, 0) is 0 Å². The lowest BCUT2D eigenvalue weighted by Crippen LogP contribution is -1.93. The molecule has 0 aromatic heterocycles. The fourth-order valence-corrected chi connectivity index (χ4v) is 3.42. The van der Waals surface area contributed by atoms with E-state index in [0.717, 1.165) is 17.1 Å². The van der Waals surface area contributed by atoms with E-state index in [4.69, 9.17) is 9.47 Å². The maximum absolute atomic E-state index is 5.70. The zero-order valence-corrected chi connectivity index (χ0v) is 12.5. The van der Waals surface area contributed by atoms with Gasteiger partial charge in [-0.25, -0.2) is 0 Å². The van der Waals surface area contributed by atoms with E-state index in [1.54, 1.807) is 0 Å². The van der Waals surface area contributed by atoms with Gasteiger partial charge in [-0.05, 0) is 33.2 Å². The molecule has 23 heavy (non-hydrogen) atoms. The van der Waals surface area contributed by atoms with E-state index in [9.17, 15) is 0 Å². The van der Waals surface area contributed by atoms with Gasteiger partial charge in [0.05, 0.1) is 0 Å². The van der Waals surface area contributed by atoms with Crippen LogP contribution in [0.3, 0.4) is 0 Å². The van der Waals surface area contributed by atoms with Crippen LogP contribution in [-0.4, -0.2) is 6.79 Å². The summed E-state index contributed by atoms with van der Waals surface area (Å²) in [6.45, 7) is 0.292. The third-order valence-corrected chi connectivity index (χ3v) is 4.47. The normalized spacial score (nSPS) is 12.9. The third kappa shape index (κ3) is 1.82.